The summed E-state index contributed by atoms with van der Waals surface area (Å²) < 4.78 is 32.5. The van der Waals surface area contributed by atoms with E-state index in [0.29, 0.717) is 10.9 Å². The fraction of sp³-hybridized carbons (Fsp3) is 0.118. The molecule has 1 aromatic heterocycles. The van der Waals surface area contributed by atoms with E-state index in [2.05, 4.69) is 4.72 Å². The first kappa shape index (κ1) is 16.1. The van der Waals surface area contributed by atoms with Crippen LogP contribution in [0.1, 0.15) is 11.1 Å². The average Bonchev–Trinajstić information content (AvgIpc) is 2.50. The third kappa shape index (κ3) is 2.85. The maximum atomic E-state index is 12.5. The molecule has 6 nitrogen and oxygen atoms in total. The molecule has 0 fully saturated rings. The molecule has 7 heteroatoms. The number of benzene rings is 2. The Labute approximate surface area is 138 Å². The van der Waals surface area contributed by atoms with Crippen LogP contribution in [0.3, 0.4) is 0 Å². The lowest BCUT2D eigenvalue weighted by molar-refractivity contribution is 0.475. The van der Waals surface area contributed by atoms with Gasteiger partial charge in [0.15, 0.2) is 5.58 Å². The number of phenols is 1. The van der Waals surface area contributed by atoms with Crippen LogP contribution in [0, 0.1) is 13.8 Å². The monoisotopic (exact) mass is 345 g/mol. The van der Waals surface area contributed by atoms with Gasteiger partial charge in [0.25, 0.3) is 10.0 Å². The summed E-state index contributed by atoms with van der Waals surface area (Å²) in [6.07, 6.45) is 0. The zero-order chi connectivity index (χ0) is 17.5. The Morgan fingerprint density at radius 3 is 2.38 bits per heavy atom. The lowest BCUT2D eigenvalue weighted by atomic mass is 10.1. The van der Waals surface area contributed by atoms with Crippen molar-refractivity contribution in [1.82, 2.24) is 0 Å². The molecular formula is C17H15NO5S. The van der Waals surface area contributed by atoms with E-state index in [1.54, 1.807) is 25.1 Å². The Morgan fingerprint density at radius 1 is 1.04 bits per heavy atom. The number of aryl methyl sites for hydroxylation is 2. The highest BCUT2D eigenvalue weighted by atomic mass is 32.2. The van der Waals surface area contributed by atoms with Gasteiger partial charge >= 0.3 is 5.63 Å². The van der Waals surface area contributed by atoms with Crippen molar-refractivity contribution in [3.8, 4) is 5.75 Å². The summed E-state index contributed by atoms with van der Waals surface area (Å²) in [5, 5.41) is 10.6. The second-order valence-electron chi connectivity index (χ2n) is 5.50. The number of hydrogen-bond acceptors (Lipinski definition) is 5. The predicted octanol–water partition coefficient (Wildman–Crippen LogP) is 2.92. The third-order valence-electron chi connectivity index (χ3n) is 3.67. The number of sulfonamides is 1. The first-order chi connectivity index (χ1) is 11.3. The number of fused-ring (bicyclic) bond motifs is 1. The molecule has 0 atom stereocenters. The molecule has 0 radical (unpaired) electrons. The largest absolute Gasteiger partial charge is 0.506 e. The van der Waals surface area contributed by atoms with E-state index in [1.165, 1.54) is 24.3 Å². The number of nitrogens with one attached hydrogen (secondary N) is 1. The van der Waals surface area contributed by atoms with Crippen LogP contribution in [0.15, 0.2) is 56.6 Å². The minimum Gasteiger partial charge on any atom is -0.506 e. The maximum absolute atomic E-state index is 12.5. The predicted molar refractivity (Wildman–Crippen MR) is 90.9 cm³/mol. The van der Waals surface area contributed by atoms with Crippen LogP contribution in [-0.2, 0) is 10.0 Å². The van der Waals surface area contributed by atoms with Gasteiger partial charge in [0.1, 0.15) is 11.4 Å². The van der Waals surface area contributed by atoms with Gasteiger partial charge in [0.2, 0.25) is 0 Å². The van der Waals surface area contributed by atoms with Crippen molar-refractivity contribution in [3.05, 3.63) is 64.0 Å². The highest BCUT2D eigenvalue weighted by Crippen LogP contribution is 2.34. The Kier molecular flexibility index (Phi) is 3.81. The van der Waals surface area contributed by atoms with Crippen LogP contribution >= 0.6 is 0 Å². The molecule has 1 heterocycles. The molecule has 2 aromatic carbocycles. The van der Waals surface area contributed by atoms with Crippen molar-refractivity contribution in [2.75, 3.05) is 4.72 Å². The van der Waals surface area contributed by atoms with E-state index in [4.69, 9.17) is 4.42 Å². The SMILES string of the molecule is Cc1ccc(S(=O)(=O)Nc2c(O)ccc3c(C)cc(=O)oc23)cc1. The summed E-state index contributed by atoms with van der Waals surface area (Å²) in [4.78, 5) is 11.7. The van der Waals surface area contributed by atoms with Crippen LogP contribution in [-0.4, -0.2) is 13.5 Å². The summed E-state index contributed by atoms with van der Waals surface area (Å²) in [5.41, 5.74) is 0.756. The minimum absolute atomic E-state index is 0.00399. The van der Waals surface area contributed by atoms with Crippen LogP contribution < -0.4 is 10.3 Å². The van der Waals surface area contributed by atoms with Gasteiger partial charge in [-0.05, 0) is 43.7 Å². The van der Waals surface area contributed by atoms with Gasteiger partial charge in [-0.3, -0.25) is 4.72 Å². The molecule has 0 aliphatic carbocycles. The Balaban J connectivity index is 2.18. The van der Waals surface area contributed by atoms with Crippen LogP contribution in [0.5, 0.6) is 5.75 Å². The third-order valence-corrected chi connectivity index (χ3v) is 5.03. The van der Waals surface area contributed by atoms with Gasteiger partial charge in [-0.15, -0.1) is 0 Å². The van der Waals surface area contributed by atoms with Gasteiger partial charge in [-0.2, -0.15) is 0 Å². The molecule has 0 spiro atoms. The van der Waals surface area contributed by atoms with E-state index in [0.717, 1.165) is 5.56 Å². The lowest BCUT2D eigenvalue weighted by Gasteiger charge is -2.12. The average molecular weight is 345 g/mol. The van der Waals surface area contributed by atoms with E-state index >= 15 is 0 Å². The van der Waals surface area contributed by atoms with Crippen molar-refractivity contribution in [2.24, 2.45) is 0 Å². The van der Waals surface area contributed by atoms with Crippen molar-refractivity contribution in [2.45, 2.75) is 18.7 Å². The minimum atomic E-state index is -3.94. The smallest absolute Gasteiger partial charge is 0.336 e. The Hall–Kier alpha value is -2.80. The van der Waals surface area contributed by atoms with Crippen LogP contribution in [0.4, 0.5) is 5.69 Å². The number of hydrogen-bond donors (Lipinski definition) is 2. The molecular weight excluding hydrogens is 330 g/mol. The lowest BCUT2D eigenvalue weighted by Crippen LogP contribution is -2.14. The molecule has 0 saturated heterocycles. The van der Waals surface area contributed by atoms with Crippen LogP contribution in [0.25, 0.3) is 11.0 Å². The van der Waals surface area contributed by atoms with Crippen molar-refractivity contribution in [1.29, 1.82) is 0 Å². The molecule has 24 heavy (non-hydrogen) atoms. The Bertz CT molecular complexity index is 1080. The summed E-state index contributed by atoms with van der Waals surface area (Å²) in [7, 11) is -3.94. The second kappa shape index (κ2) is 5.68. The standard InChI is InChI=1S/C17H15NO5S/c1-10-3-5-12(6-4-10)24(21,22)18-16-14(19)8-7-13-11(2)9-15(20)23-17(13)16/h3-9,18-19H,1-2H3. The number of aromatic hydroxyl groups is 1. The van der Waals surface area contributed by atoms with Crippen molar-refractivity contribution < 1.29 is 17.9 Å². The van der Waals surface area contributed by atoms with Crippen molar-refractivity contribution >= 4 is 26.7 Å². The van der Waals surface area contributed by atoms with E-state index in [9.17, 15) is 18.3 Å². The topological polar surface area (TPSA) is 96.6 Å². The van der Waals surface area contributed by atoms with Gasteiger partial charge in [0.05, 0.1) is 4.90 Å². The van der Waals surface area contributed by atoms with Gasteiger partial charge < -0.3 is 9.52 Å². The van der Waals surface area contributed by atoms with E-state index < -0.39 is 15.6 Å². The molecule has 2 N–H and O–H groups in total. The fourth-order valence-electron chi connectivity index (χ4n) is 2.38. The Morgan fingerprint density at radius 2 is 1.71 bits per heavy atom. The summed E-state index contributed by atoms with van der Waals surface area (Å²) in [6.45, 7) is 3.55. The van der Waals surface area contributed by atoms with Gasteiger partial charge in [-0.25, -0.2) is 13.2 Å². The van der Waals surface area contributed by atoms with Gasteiger partial charge in [-0.1, -0.05) is 17.7 Å². The molecule has 3 aromatic rings. The van der Waals surface area contributed by atoms with Crippen LogP contribution in [0.2, 0.25) is 0 Å². The quantitative estimate of drug-likeness (QED) is 0.562. The zero-order valence-corrected chi connectivity index (χ0v) is 13.8. The second-order valence-corrected chi connectivity index (χ2v) is 7.19. The van der Waals surface area contributed by atoms with Crippen molar-refractivity contribution in [3.63, 3.8) is 0 Å². The summed E-state index contributed by atoms with van der Waals surface area (Å²) in [5.74, 6) is -0.327. The molecule has 0 amide bonds. The molecule has 0 saturated carbocycles. The zero-order valence-electron chi connectivity index (χ0n) is 13.0. The highest BCUT2D eigenvalue weighted by molar-refractivity contribution is 7.92. The van der Waals surface area contributed by atoms with E-state index in [1.807, 2.05) is 6.92 Å². The molecule has 0 unspecified atom stereocenters. The maximum Gasteiger partial charge on any atom is 0.336 e. The normalized spacial score (nSPS) is 11.6. The molecule has 0 bridgehead atoms. The van der Waals surface area contributed by atoms with Gasteiger partial charge in [0, 0.05) is 11.5 Å². The molecule has 3 rings (SSSR count). The highest BCUT2D eigenvalue weighted by Gasteiger charge is 2.20. The number of phenolic OH excluding ortho intramolecular Hbond substituents is 1. The van der Waals surface area contributed by atoms with E-state index in [-0.39, 0.29) is 21.9 Å². The molecule has 124 valence electrons. The fourth-order valence-corrected chi connectivity index (χ4v) is 3.46. The number of rotatable bonds is 3. The molecule has 0 aliphatic heterocycles. The first-order valence-corrected chi connectivity index (χ1v) is 8.62. The number of anilines is 1. The summed E-state index contributed by atoms with van der Waals surface area (Å²) >= 11 is 0. The first-order valence-electron chi connectivity index (χ1n) is 7.14. The summed E-state index contributed by atoms with van der Waals surface area (Å²) in [6, 6.07) is 10.5. The molecule has 0 aliphatic rings.